The maximum absolute atomic E-state index is 10.9. The molecule has 1 saturated carbocycles. The van der Waals surface area contributed by atoms with Crippen LogP contribution in [0.3, 0.4) is 0 Å². The molecule has 3 N–H and O–H groups in total. The Morgan fingerprint density at radius 2 is 1.81 bits per heavy atom. The van der Waals surface area contributed by atoms with E-state index in [1.807, 2.05) is 0 Å². The van der Waals surface area contributed by atoms with Crippen molar-refractivity contribution in [3.63, 3.8) is 0 Å². The molecule has 1 aliphatic carbocycles. The van der Waals surface area contributed by atoms with Crippen molar-refractivity contribution in [1.29, 1.82) is 0 Å². The zero-order valence-corrected chi connectivity index (χ0v) is 9.32. The Balaban J connectivity index is 2.37. The Morgan fingerprint density at radius 1 is 1.19 bits per heavy atom. The lowest BCUT2D eigenvalue weighted by Gasteiger charge is -2.24. The Kier molecular flexibility index (Phi) is 5.25. The number of nitrogens with one attached hydrogen (secondary N) is 1. The molecule has 0 amide bonds. The van der Waals surface area contributed by atoms with E-state index in [1.165, 1.54) is 6.42 Å². The third kappa shape index (κ3) is 4.61. The molecule has 5 nitrogen and oxygen atoms in total. The van der Waals surface area contributed by atoms with Gasteiger partial charge in [0.15, 0.2) is 0 Å². The molecule has 0 bridgehead atoms. The van der Waals surface area contributed by atoms with Crippen LogP contribution in [-0.4, -0.2) is 34.7 Å². The fraction of sp³-hybridized carbons (Fsp3) is 0.818. The van der Waals surface area contributed by atoms with Gasteiger partial charge in [0, 0.05) is 0 Å². The van der Waals surface area contributed by atoms with Crippen molar-refractivity contribution >= 4 is 11.9 Å². The van der Waals surface area contributed by atoms with Crippen LogP contribution in [0.25, 0.3) is 0 Å². The summed E-state index contributed by atoms with van der Waals surface area (Å²) >= 11 is 0. The molecule has 0 aromatic rings. The topological polar surface area (TPSA) is 86.6 Å². The van der Waals surface area contributed by atoms with Crippen LogP contribution in [0.1, 0.15) is 38.5 Å². The fourth-order valence-electron chi connectivity index (χ4n) is 2.24. The summed E-state index contributed by atoms with van der Waals surface area (Å²) in [6.45, 7) is -0.288. The van der Waals surface area contributed by atoms with E-state index in [2.05, 4.69) is 5.32 Å². The summed E-state index contributed by atoms with van der Waals surface area (Å²) in [5.41, 5.74) is 0. The smallest absolute Gasteiger partial charge is 0.320 e. The molecule has 1 rings (SSSR count). The molecule has 16 heavy (non-hydrogen) atoms. The lowest BCUT2D eigenvalue weighted by Crippen LogP contribution is -2.41. The highest BCUT2D eigenvalue weighted by molar-refractivity contribution is 5.75. The van der Waals surface area contributed by atoms with Crippen LogP contribution in [0.5, 0.6) is 0 Å². The van der Waals surface area contributed by atoms with Gasteiger partial charge in [-0.25, -0.2) is 0 Å². The second-order valence-electron chi connectivity index (χ2n) is 4.41. The minimum atomic E-state index is -1.02. The molecule has 0 aromatic carbocycles. The van der Waals surface area contributed by atoms with E-state index in [0.717, 1.165) is 25.7 Å². The highest BCUT2D eigenvalue weighted by Crippen LogP contribution is 2.27. The molecule has 0 radical (unpaired) electrons. The molecule has 1 aliphatic rings. The van der Waals surface area contributed by atoms with Crippen molar-refractivity contribution in [3.8, 4) is 0 Å². The lowest BCUT2D eigenvalue weighted by atomic mass is 9.85. The van der Waals surface area contributed by atoms with Gasteiger partial charge in [-0.05, 0) is 12.3 Å². The SMILES string of the molecule is O=C(O)CN[C@H](CC1CCCCC1)C(=O)O. The van der Waals surface area contributed by atoms with Crippen molar-refractivity contribution in [2.24, 2.45) is 5.92 Å². The van der Waals surface area contributed by atoms with E-state index < -0.39 is 18.0 Å². The number of aliphatic carboxylic acids is 2. The van der Waals surface area contributed by atoms with Crippen LogP contribution >= 0.6 is 0 Å². The van der Waals surface area contributed by atoms with E-state index in [-0.39, 0.29) is 6.54 Å². The Morgan fingerprint density at radius 3 is 2.31 bits per heavy atom. The van der Waals surface area contributed by atoms with Crippen LogP contribution in [-0.2, 0) is 9.59 Å². The van der Waals surface area contributed by atoms with Gasteiger partial charge >= 0.3 is 11.9 Å². The fourth-order valence-corrected chi connectivity index (χ4v) is 2.24. The third-order valence-electron chi connectivity index (χ3n) is 3.09. The summed E-state index contributed by atoms with van der Waals surface area (Å²) in [6.07, 6.45) is 6.24. The minimum Gasteiger partial charge on any atom is -0.480 e. The molecule has 0 spiro atoms. The first-order valence-corrected chi connectivity index (χ1v) is 5.77. The molecule has 0 aliphatic heterocycles. The Bertz CT molecular complexity index is 248. The summed E-state index contributed by atoms with van der Waals surface area (Å²) in [4.78, 5) is 21.3. The van der Waals surface area contributed by atoms with Crippen LogP contribution in [0.15, 0.2) is 0 Å². The van der Waals surface area contributed by atoms with Gasteiger partial charge in [-0.15, -0.1) is 0 Å². The van der Waals surface area contributed by atoms with Crippen molar-refractivity contribution < 1.29 is 19.8 Å². The predicted molar refractivity (Wildman–Crippen MR) is 58.3 cm³/mol. The summed E-state index contributed by atoms with van der Waals surface area (Å²) in [6, 6.07) is -0.723. The second-order valence-corrected chi connectivity index (χ2v) is 4.41. The van der Waals surface area contributed by atoms with Gasteiger partial charge in [0.2, 0.25) is 0 Å². The zero-order valence-electron chi connectivity index (χ0n) is 9.32. The van der Waals surface area contributed by atoms with E-state index in [1.54, 1.807) is 0 Å². The molecule has 0 heterocycles. The maximum atomic E-state index is 10.9. The molecule has 0 unspecified atom stereocenters. The summed E-state index contributed by atoms with van der Waals surface area (Å²) in [5.74, 6) is -1.54. The number of hydrogen-bond acceptors (Lipinski definition) is 3. The number of rotatable bonds is 6. The molecular formula is C11H19NO4. The van der Waals surface area contributed by atoms with E-state index in [9.17, 15) is 9.59 Å². The first-order chi connectivity index (χ1) is 7.59. The van der Waals surface area contributed by atoms with E-state index in [0.29, 0.717) is 12.3 Å². The van der Waals surface area contributed by atoms with E-state index >= 15 is 0 Å². The average Bonchev–Trinajstić information content (AvgIpc) is 2.25. The van der Waals surface area contributed by atoms with Crippen LogP contribution in [0.4, 0.5) is 0 Å². The summed E-state index contributed by atoms with van der Waals surface area (Å²) in [7, 11) is 0. The number of hydrogen-bond donors (Lipinski definition) is 3. The number of carboxylic acids is 2. The number of carbonyl (C=O) groups is 2. The standard InChI is InChI=1S/C11H19NO4/c13-10(14)7-12-9(11(15)16)6-8-4-2-1-3-5-8/h8-9,12H,1-7H2,(H,13,14)(H,15,16)/t9-/m1/s1. The highest BCUT2D eigenvalue weighted by atomic mass is 16.4. The maximum Gasteiger partial charge on any atom is 0.320 e. The first-order valence-electron chi connectivity index (χ1n) is 5.77. The molecule has 5 heteroatoms. The van der Waals surface area contributed by atoms with Crippen molar-refractivity contribution in [1.82, 2.24) is 5.32 Å². The van der Waals surface area contributed by atoms with Crippen molar-refractivity contribution in [2.75, 3.05) is 6.54 Å². The molecule has 0 aromatic heterocycles. The first kappa shape index (κ1) is 13.0. The largest absolute Gasteiger partial charge is 0.480 e. The van der Waals surface area contributed by atoms with E-state index in [4.69, 9.17) is 10.2 Å². The Labute approximate surface area is 94.8 Å². The average molecular weight is 229 g/mol. The van der Waals surface area contributed by atoms with Gasteiger partial charge in [-0.1, -0.05) is 32.1 Å². The molecule has 0 saturated heterocycles. The van der Waals surface area contributed by atoms with Crippen molar-refractivity contribution in [3.05, 3.63) is 0 Å². The lowest BCUT2D eigenvalue weighted by molar-refractivity contribution is -0.141. The third-order valence-corrected chi connectivity index (χ3v) is 3.09. The van der Waals surface area contributed by atoms with Gasteiger partial charge in [-0.3, -0.25) is 14.9 Å². The second kappa shape index (κ2) is 6.48. The molecular weight excluding hydrogens is 210 g/mol. The minimum absolute atomic E-state index is 0.288. The normalized spacial score (nSPS) is 19.2. The molecule has 1 fully saturated rings. The predicted octanol–water partition coefficient (Wildman–Crippen LogP) is 1.08. The van der Waals surface area contributed by atoms with Gasteiger partial charge in [0.1, 0.15) is 6.04 Å². The summed E-state index contributed by atoms with van der Waals surface area (Å²) in [5, 5.41) is 20.0. The van der Waals surface area contributed by atoms with Crippen molar-refractivity contribution in [2.45, 2.75) is 44.6 Å². The summed E-state index contributed by atoms with van der Waals surface area (Å²) < 4.78 is 0. The highest BCUT2D eigenvalue weighted by Gasteiger charge is 2.23. The molecule has 92 valence electrons. The zero-order chi connectivity index (χ0) is 12.0. The van der Waals surface area contributed by atoms with Gasteiger partial charge in [0.25, 0.3) is 0 Å². The van der Waals surface area contributed by atoms with Gasteiger partial charge in [-0.2, -0.15) is 0 Å². The number of carboxylic acid groups (broad SMARTS) is 2. The van der Waals surface area contributed by atoms with Gasteiger partial charge < -0.3 is 10.2 Å². The van der Waals surface area contributed by atoms with Gasteiger partial charge in [0.05, 0.1) is 6.54 Å². The monoisotopic (exact) mass is 229 g/mol. The molecule has 1 atom stereocenters. The van der Waals surface area contributed by atoms with Crippen LogP contribution in [0, 0.1) is 5.92 Å². The quantitative estimate of drug-likeness (QED) is 0.634. The van der Waals surface area contributed by atoms with Crippen LogP contribution in [0.2, 0.25) is 0 Å². The Hall–Kier alpha value is -1.10. The van der Waals surface area contributed by atoms with Crippen LogP contribution < -0.4 is 5.32 Å².